The Labute approximate surface area is 129 Å². The van der Waals surface area contributed by atoms with Gasteiger partial charge >= 0.3 is 5.82 Å². The normalized spacial score (nSPS) is 12.2. The second kappa shape index (κ2) is 6.95. The van der Waals surface area contributed by atoms with Crippen LogP contribution in [0.3, 0.4) is 0 Å². The first-order chi connectivity index (χ1) is 10.4. The minimum Gasteiger partial charge on any atom is -0.358 e. The zero-order valence-corrected chi connectivity index (χ0v) is 13.0. The highest BCUT2D eigenvalue weighted by atomic mass is 32.2. The highest BCUT2D eigenvalue weighted by Crippen LogP contribution is 2.13. The number of nitrogens with one attached hydrogen (secondary N) is 1. The number of amides is 1. The van der Waals surface area contributed by atoms with Crippen LogP contribution in [-0.2, 0) is 32.2 Å². The van der Waals surface area contributed by atoms with Gasteiger partial charge in [0.2, 0.25) is 5.91 Å². The van der Waals surface area contributed by atoms with Crippen LogP contribution in [0.15, 0.2) is 6.20 Å². The molecule has 23 heavy (non-hydrogen) atoms. The molecule has 0 fully saturated rings. The third kappa shape index (κ3) is 7.10. The van der Waals surface area contributed by atoms with Crippen molar-refractivity contribution in [2.45, 2.75) is 26.0 Å². The molecule has 1 N–H and O–H groups in total. The van der Waals surface area contributed by atoms with E-state index in [-0.39, 0.29) is 5.82 Å². The van der Waals surface area contributed by atoms with E-state index in [0.29, 0.717) is 6.92 Å². The van der Waals surface area contributed by atoms with E-state index in [1.807, 2.05) is 5.32 Å². The largest absolute Gasteiger partial charge is 0.381 e. The summed E-state index contributed by atoms with van der Waals surface area (Å²) in [6.07, 6.45) is 1.65. The lowest BCUT2D eigenvalue weighted by Crippen LogP contribution is -2.36. The Morgan fingerprint density at radius 3 is 2.65 bits per heavy atom. The maximum atomic E-state index is 12.7. The first-order valence-corrected chi connectivity index (χ1v) is 7.88. The lowest BCUT2D eigenvalue weighted by atomic mass is 10.4. The fraction of sp³-hybridized carbons (Fsp3) is 0.600. The van der Waals surface area contributed by atoms with Crippen LogP contribution in [0.25, 0.3) is 0 Å². The van der Waals surface area contributed by atoms with E-state index < -0.39 is 52.4 Å². The summed E-state index contributed by atoms with van der Waals surface area (Å²) in [7, 11) is -3.83. The molecule has 1 aromatic heterocycles. The van der Waals surface area contributed by atoms with Crippen LogP contribution in [0, 0.1) is 10.1 Å². The van der Waals surface area contributed by atoms with Gasteiger partial charge < -0.3 is 15.4 Å². The van der Waals surface area contributed by atoms with Crippen LogP contribution in [-0.4, -0.2) is 47.5 Å². The lowest BCUT2D eigenvalue weighted by Gasteiger charge is -2.11. The maximum absolute atomic E-state index is 12.7. The Kier molecular flexibility index (Phi) is 5.71. The number of hydrogen-bond donors (Lipinski definition) is 1. The average Bonchev–Trinajstić information content (AvgIpc) is 2.76. The van der Waals surface area contributed by atoms with Crippen LogP contribution in [0.1, 0.15) is 12.7 Å². The summed E-state index contributed by atoms with van der Waals surface area (Å²) in [6, 6.07) is 0. The standard InChI is InChI=1S/C10H14F2N4O6S/c1-10(11,12)6-13-9(17)4-15-3-7(16(18)19)14-8(15)5-22-23(2,20)21/h3H,4-6H2,1-2H3,(H,13,17). The summed E-state index contributed by atoms with van der Waals surface area (Å²) >= 11 is 0. The molecule has 0 aliphatic carbocycles. The number of nitrogens with zero attached hydrogens (tertiary/aromatic N) is 3. The van der Waals surface area contributed by atoms with E-state index in [2.05, 4.69) is 9.17 Å². The van der Waals surface area contributed by atoms with Gasteiger partial charge in [0.15, 0.2) is 0 Å². The van der Waals surface area contributed by atoms with E-state index in [0.717, 1.165) is 17.0 Å². The molecule has 0 bridgehead atoms. The molecular weight excluding hydrogens is 342 g/mol. The molecule has 0 radical (unpaired) electrons. The van der Waals surface area contributed by atoms with Gasteiger partial charge in [-0.2, -0.15) is 8.42 Å². The predicted molar refractivity (Wildman–Crippen MR) is 72.1 cm³/mol. The van der Waals surface area contributed by atoms with Crippen molar-refractivity contribution in [3.8, 4) is 0 Å². The molecule has 0 aromatic carbocycles. The van der Waals surface area contributed by atoms with Crippen LogP contribution >= 0.6 is 0 Å². The number of rotatable bonds is 8. The highest BCUT2D eigenvalue weighted by Gasteiger charge is 2.24. The second-order valence-electron chi connectivity index (χ2n) is 4.71. The van der Waals surface area contributed by atoms with Crippen molar-refractivity contribution in [1.82, 2.24) is 14.9 Å². The number of nitro groups is 1. The molecule has 0 aliphatic heterocycles. The van der Waals surface area contributed by atoms with Gasteiger partial charge in [0, 0.05) is 6.92 Å². The predicted octanol–water partition coefficient (Wildman–Crippen LogP) is 0.0389. The molecule has 1 rings (SSSR count). The van der Waals surface area contributed by atoms with Crippen molar-refractivity contribution in [1.29, 1.82) is 0 Å². The summed E-state index contributed by atoms with van der Waals surface area (Å²) in [5, 5.41) is 12.6. The molecule has 10 nitrogen and oxygen atoms in total. The van der Waals surface area contributed by atoms with Crippen molar-refractivity contribution < 1.29 is 31.1 Å². The van der Waals surface area contributed by atoms with E-state index in [1.54, 1.807) is 0 Å². The molecule has 1 heterocycles. The van der Waals surface area contributed by atoms with Gasteiger partial charge in [-0.25, -0.2) is 8.78 Å². The number of hydrogen-bond acceptors (Lipinski definition) is 7. The summed E-state index contributed by atoms with van der Waals surface area (Å²) < 4.78 is 52.6. The number of halogens is 2. The maximum Gasteiger partial charge on any atom is 0.381 e. The van der Waals surface area contributed by atoms with E-state index in [1.165, 1.54) is 0 Å². The fourth-order valence-corrected chi connectivity index (χ4v) is 1.72. The molecule has 0 atom stereocenters. The Hall–Kier alpha value is -2.15. The minimum absolute atomic E-state index is 0.208. The molecule has 0 spiro atoms. The van der Waals surface area contributed by atoms with Crippen LogP contribution in [0.4, 0.5) is 14.6 Å². The SMILES string of the molecule is CC(F)(F)CNC(=O)Cn1cc([N+](=O)[O-])nc1COS(C)(=O)=O. The molecule has 1 amide bonds. The molecule has 0 saturated carbocycles. The topological polar surface area (TPSA) is 133 Å². The van der Waals surface area contributed by atoms with Crippen molar-refractivity contribution in [3.05, 3.63) is 22.1 Å². The third-order valence-corrected chi connectivity index (χ3v) is 2.89. The number of alkyl halides is 2. The van der Waals surface area contributed by atoms with Gasteiger partial charge in [0.25, 0.3) is 21.9 Å². The minimum atomic E-state index is -3.83. The average molecular weight is 356 g/mol. The van der Waals surface area contributed by atoms with Crippen molar-refractivity contribution in [2.75, 3.05) is 12.8 Å². The van der Waals surface area contributed by atoms with Crippen molar-refractivity contribution >= 4 is 21.8 Å². The van der Waals surface area contributed by atoms with E-state index in [4.69, 9.17) is 0 Å². The van der Waals surface area contributed by atoms with Gasteiger partial charge in [0.05, 0.1) is 12.8 Å². The molecule has 0 unspecified atom stereocenters. The number of carbonyl (C=O) groups is 1. The zero-order valence-electron chi connectivity index (χ0n) is 12.2. The van der Waals surface area contributed by atoms with Gasteiger partial charge in [-0.1, -0.05) is 0 Å². The lowest BCUT2D eigenvalue weighted by molar-refractivity contribution is -0.389. The summed E-state index contributed by atoms with van der Waals surface area (Å²) in [6.45, 7) is -1.48. The third-order valence-electron chi connectivity index (χ3n) is 2.35. The van der Waals surface area contributed by atoms with Crippen molar-refractivity contribution in [3.63, 3.8) is 0 Å². The van der Waals surface area contributed by atoms with Gasteiger partial charge in [-0.15, -0.1) is 0 Å². The molecule has 130 valence electrons. The Morgan fingerprint density at radius 2 is 2.17 bits per heavy atom. The van der Waals surface area contributed by atoms with Gasteiger partial charge in [0.1, 0.15) is 19.3 Å². The molecular formula is C10H14F2N4O6S. The highest BCUT2D eigenvalue weighted by molar-refractivity contribution is 7.85. The Balaban J connectivity index is 2.86. The Morgan fingerprint density at radius 1 is 1.57 bits per heavy atom. The van der Waals surface area contributed by atoms with Crippen molar-refractivity contribution in [2.24, 2.45) is 0 Å². The number of aromatic nitrogens is 2. The molecule has 1 aromatic rings. The molecule has 0 aliphatic rings. The van der Waals surface area contributed by atoms with Gasteiger partial charge in [-0.05, 0) is 9.91 Å². The van der Waals surface area contributed by atoms with E-state index in [9.17, 15) is 32.1 Å². The van der Waals surface area contributed by atoms with Crippen LogP contribution in [0.2, 0.25) is 0 Å². The number of carbonyl (C=O) groups excluding carboxylic acids is 1. The smallest absolute Gasteiger partial charge is 0.358 e. The summed E-state index contributed by atoms with van der Waals surface area (Å²) in [5.41, 5.74) is 0. The summed E-state index contributed by atoms with van der Waals surface area (Å²) in [4.78, 5) is 24.9. The van der Waals surface area contributed by atoms with E-state index >= 15 is 0 Å². The monoisotopic (exact) mass is 356 g/mol. The Bertz CT molecular complexity index is 697. The molecule has 13 heteroatoms. The summed E-state index contributed by atoms with van der Waals surface area (Å²) in [5.74, 6) is -4.80. The van der Waals surface area contributed by atoms with Crippen LogP contribution in [0.5, 0.6) is 0 Å². The van der Waals surface area contributed by atoms with Gasteiger partial charge in [-0.3, -0.25) is 13.5 Å². The molecule has 0 saturated heterocycles. The number of imidazole rings is 1. The first-order valence-electron chi connectivity index (χ1n) is 6.07. The first kappa shape index (κ1) is 18.9. The fourth-order valence-electron chi connectivity index (χ4n) is 1.40. The zero-order chi connectivity index (χ0) is 17.8. The quantitative estimate of drug-likeness (QED) is 0.395. The second-order valence-corrected chi connectivity index (χ2v) is 6.36. The van der Waals surface area contributed by atoms with Crippen LogP contribution < -0.4 is 5.32 Å².